The molecule has 1 N–H and O–H groups in total. The van der Waals surface area contributed by atoms with E-state index in [1.807, 2.05) is 18.2 Å². The zero-order valence-electron chi connectivity index (χ0n) is 16.4. The molecule has 2 aromatic carbocycles. The van der Waals surface area contributed by atoms with Crippen LogP contribution in [0.5, 0.6) is 0 Å². The van der Waals surface area contributed by atoms with Crippen LogP contribution in [0.2, 0.25) is 0 Å². The van der Waals surface area contributed by atoms with E-state index in [-0.39, 0.29) is 11.9 Å². The van der Waals surface area contributed by atoms with Crippen molar-refractivity contribution in [3.63, 3.8) is 0 Å². The van der Waals surface area contributed by atoms with Gasteiger partial charge in [-0.15, -0.1) is 11.8 Å². The second kappa shape index (κ2) is 9.84. The van der Waals surface area contributed by atoms with E-state index in [9.17, 15) is 4.79 Å². The lowest BCUT2D eigenvalue weighted by atomic mass is 9.98. The van der Waals surface area contributed by atoms with Crippen LogP contribution in [0.1, 0.15) is 44.7 Å². The van der Waals surface area contributed by atoms with Gasteiger partial charge in [0.1, 0.15) is 0 Å². The number of carbonyl (C=O) groups is 1. The Bertz CT molecular complexity index is 709. The van der Waals surface area contributed by atoms with Crippen LogP contribution < -0.4 is 10.2 Å². The molecule has 0 radical (unpaired) electrons. The van der Waals surface area contributed by atoms with Gasteiger partial charge in [0.2, 0.25) is 5.91 Å². The largest absolute Gasteiger partial charge is 0.372 e. The fourth-order valence-corrected chi connectivity index (χ4v) is 4.29. The summed E-state index contributed by atoms with van der Waals surface area (Å²) >= 11 is 1.72. The number of hydrogen-bond donors (Lipinski definition) is 1. The van der Waals surface area contributed by atoms with Crippen LogP contribution in [-0.2, 0) is 4.79 Å². The normalized spacial score (nSPS) is 16.1. The number of nitrogens with one attached hydrogen (secondary N) is 1. The molecule has 1 atom stereocenters. The first-order chi connectivity index (χ1) is 13.1. The van der Waals surface area contributed by atoms with Crippen LogP contribution >= 0.6 is 11.8 Å². The molecule has 1 amide bonds. The summed E-state index contributed by atoms with van der Waals surface area (Å²) in [6.07, 6.45) is 3.08. The van der Waals surface area contributed by atoms with Gasteiger partial charge in [0.15, 0.2) is 0 Å². The van der Waals surface area contributed by atoms with Gasteiger partial charge in [-0.3, -0.25) is 4.79 Å². The minimum Gasteiger partial charge on any atom is -0.372 e. The van der Waals surface area contributed by atoms with Crippen molar-refractivity contribution in [2.75, 3.05) is 23.7 Å². The molecule has 27 heavy (non-hydrogen) atoms. The van der Waals surface area contributed by atoms with Crippen molar-refractivity contribution in [3.8, 4) is 0 Å². The summed E-state index contributed by atoms with van der Waals surface area (Å²) in [6.45, 7) is 6.68. The summed E-state index contributed by atoms with van der Waals surface area (Å²) in [4.78, 5) is 15.9. The lowest BCUT2D eigenvalue weighted by molar-refractivity contribution is -0.121. The predicted octanol–water partition coefficient (Wildman–Crippen LogP) is 5.28. The van der Waals surface area contributed by atoms with Gasteiger partial charge in [-0.1, -0.05) is 37.3 Å². The molecule has 0 aliphatic carbocycles. The topological polar surface area (TPSA) is 32.3 Å². The summed E-state index contributed by atoms with van der Waals surface area (Å²) in [5, 5.41) is 3.12. The molecular formula is C23H30N2OS. The van der Waals surface area contributed by atoms with E-state index in [0.29, 0.717) is 6.42 Å². The van der Waals surface area contributed by atoms with Crippen LogP contribution in [0.3, 0.4) is 0 Å². The third-order valence-corrected chi connectivity index (χ3v) is 6.27. The van der Waals surface area contributed by atoms with E-state index in [0.717, 1.165) is 30.3 Å². The van der Waals surface area contributed by atoms with E-state index in [2.05, 4.69) is 60.5 Å². The van der Waals surface area contributed by atoms with Crippen molar-refractivity contribution in [1.82, 2.24) is 5.32 Å². The highest BCUT2D eigenvalue weighted by Gasteiger charge is 2.16. The second-order valence-corrected chi connectivity index (χ2v) is 8.63. The minimum absolute atomic E-state index is 0.0367. The number of hydrogen-bond acceptors (Lipinski definition) is 3. The number of thioether (sulfide) groups is 1. The molecule has 0 saturated carbocycles. The van der Waals surface area contributed by atoms with Gasteiger partial charge < -0.3 is 10.2 Å². The SMILES string of the molecule is CC1CCN(c2ccc([C@H](C)NC(=O)CCSc3ccccc3)cc2)CC1. The predicted molar refractivity (Wildman–Crippen MR) is 115 cm³/mol. The molecule has 1 aliphatic rings. The third kappa shape index (κ3) is 6.03. The Labute approximate surface area is 167 Å². The molecule has 3 rings (SSSR count). The summed E-state index contributed by atoms with van der Waals surface area (Å²) in [5.74, 6) is 1.75. The molecule has 1 fully saturated rings. The van der Waals surface area contributed by atoms with Crippen molar-refractivity contribution < 1.29 is 4.79 Å². The third-order valence-electron chi connectivity index (χ3n) is 5.26. The highest BCUT2D eigenvalue weighted by molar-refractivity contribution is 7.99. The molecule has 0 unspecified atom stereocenters. The van der Waals surface area contributed by atoms with E-state index >= 15 is 0 Å². The van der Waals surface area contributed by atoms with Gasteiger partial charge in [-0.25, -0.2) is 0 Å². The average molecular weight is 383 g/mol. The van der Waals surface area contributed by atoms with Crippen LogP contribution in [0.25, 0.3) is 0 Å². The van der Waals surface area contributed by atoms with Crippen LogP contribution in [0, 0.1) is 5.92 Å². The van der Waals surface area contributed by atoms with E-state index in [1.54, 1.807) is 11.8 Å². The van der Waals surface area contributed by atoms with E-state index in [4.69, 9.17) is 0 Å². The van der Waals surface area contributed by atoms with Crippen molar-refractivity contribution in [2.45, 2.75) is 44.0 Å². The van der Waals surface area contributed by atoms with E-state index < -0.39 is 0 Å². The minimum atomic E-state index is 0.0367. The molecule has 144 valence electrons. The summed E-state index contributed by atoms with van der Waals surface area (Å²) in [6, 6.07) is 18.9. The second-order valence-electron chi connectivity index (χ2n) is 7.46. The smallest absolute Gasteiger partial charge is 0.221 e. The van der Waals surface area contributed by atoms with Crippen LogP contribution in [0.15, 0.2) is 59.5 Å². The summed E-state index contributed by atoms with van der Waals surface area (Å²) in [7, 11) is 0. The first-order valence-electron chi connectivity index (χ1n) is 9.94. The molecule has 3 nitrogen and oxygen atoms in total. The lowest BCUT2D eigenvalue weighted by Gasteiger charge is -2.32. The quantitative estimate of drug-likeness (QED) is 0.661. The van der Waals surface area contributed by atoms with Crippen molar-refractivity contribution in [2.24, 2.45) is 5.92 Å². The van der Waals surface area contributed by atoms with Crippen molar-refractivity contribution in [3.05, 3.63) is 60.2 Å². The summed E-state index contributed by atoms with van der Waals surface area (Å²) in [5.41, 5.74) is 2.46. The fraction of sp³-hybridized carbons (Fsp3) is 0.435. The summed E-state index contributed by atoms with van der Waals surface area (Å²) < 4.78 is 0. The Kier molecular flexibility index (Phi) is 7.22. The highest BCUT2D eigenvalue weighted by Crippen LogP contribution is 2.25. The Hall–Kier alpha value is -1.94. The Morgan fingerprint density at radius 2 is 1.78 bits per heavy atom. The Morgan fingerprint density at radius 1 is 1.11 bits per heavy atom. The molecule has 4 heteroatoms. The van der Waals surface area contributed by atoms with Gasteiger partial charge in [-0.05, 0) is 55.5 Å². The van der Waals surface area contributed by atoms with Crippen LogP contribution in [-0.4, -0.2) is 24.7 Å². The van der Waals surface area contributed by atoms with Crippen molar-refractivity contribution in [1.29, 1.82) is 0 Å². The number of piperidine rings is 1. The number of benzene rings is 2. The average Bonchev–Trinajstić information content (AvgIpc) is 2.69. The number of amides is 1. The molecule has 1 heterocycles. The Balaban J connectivity index is 1.44. The number of rotatable bonds is 7. The maximum absolute atomic E-state index is 12.2. The van der Waals surface area contributed by atoms with Gasteiger partial charge in [-0.2, -0.15) is 0 Å². The number of carbonyl (C=O) groups excluding carboxylic acids is 1. The van der Waals surface area contributed by atoms with Gasteiger partial charge in [0, 0.05) is 35.8 Å². The highest BCUT2D eigenvalue weighted by atomic mass is 32.2. The van der Waals surface area contributed by atoms with Gasteiger partial charge >= 0.3 is 0 Å². The zero-order chi connectivity index (χ0) is 19.1. The zero-order valence-corrected chi connectivity index (χ0v) is 17.2. The standard InChI is InChI=1S/C23H30N2OS/c1-18-12-15-25(16-13-18)21-10-8-20(9-11-21)19(2)24-23(26)14-17-27-22-6-4-3-5-7-22/h3-11,18-19H,12-17H2,1-2H3,(H,24,26)/t19-/m0/s1. The van der Waals surface area contributed by atoms with E-state index in [1.165, 1.54) is 23.4 Å². The molecule has 0 spiro atoms. The van der Waals surface area contributed by atoms with Crippen LogP contribution in [0.4, 0.5) is 5.69 Å². The fourth-order valence-electron chi connectivity index (χ4n) is 3.42. The number of nitrogens with zero attached hydrogens (tertiary/aromatic N) is 1. The first-order valence-corrected chi connectivity index (χ1v) is 10.9. The van der Waals surface area contributed by atoms with Gasteiger partial charge in [0.05, 0.1) is 6.04 Å². The molecular weight excluding hydrogens is 352 g/mol. The number of anilines is 1. The van der Waals surface area contributed by atoms with Gasteiger partial charge in [0.25, 0.3) is 0 Å². The molecule has 1 saturated heterocycles. The molecule has 2 aromatic rings. The first kappa shape index (κ1) is 19.8. The molecule has 1 aliphatic heterocycles. The molecule has 0 bridgehead atoms. The maximum Gasteiger partial charge on any atom is 0.221 e. The Morgan fingerprint density at radius 3 is 2.44 bits per heavy atom. The monoisotopic (exact) mass is 382 g/mol. The van der Waals surface area contributed by atoms with Crippen molar-refractivity contribution >= 4 is 23.4 Å². The molecule has 0 aromatic heterocycles. The maximum atomic E-state index is 12.2. The lowest BCUT2D eigenvalue weighted by Crippen LogP contribution is -2.32.